The summed E-state index contributed by atoms with van der Waals surface area (Å²) in [4.78, 5) is 131. The molecule has 0 spiro atoms. The Morgan fingerprint density at radius 1 is 0.886 bits per heavy atom. The number of carbonyl (C=O) groups is 10. The van der Waals surface area contributed by atoms with Crippen molar-refractivity contribution in [2.75, 3.05) is 45.2 Å². The minimum absolute atomic E-state index is 0.0650. The van der Waals surface area contributed by atoms with Crippen LogP contribution in [0.3, 0.4) is 0 Å². The van der Waals surface area contributed by atoms with E-state index in [9.17, 15) is 63.3 Å². The molecule has 26 heteroatoms. The summed E-state index contributed by atoms with van der Waals surface area (Å²) in [5.74, 6) is -5.51. The second-order valence-corrected chi connectivity index (χ2v) is 23.6. The number of nitrogens with zero attached hydrogens (tertiary/aromatic N) is 3. The molecule has 9 N–H and O–H groups in total. The lowest BCUT2D eigenvalue weighted by molar-refractivity contribution is -0.151. The molecular weight excluding hydrogens is 1140 g/mol. The summed E-state index contributed by atoms with van der Waals surface area (Å²) in [5.41, 5.74) is 4.49. The van der Waals surface area contributed by atoms with E-state index in [-0.39, 0.29) is 101 Å². The number of carbonyl (C=O) groups excluding carboxylic acids is 10. The molecule has 13 atom stereocenters. The van der Waals surface area contributed by atoms with Gasteiger partial charge in [0.2, 0.25) is 29.5 Å². The number of esters is 1. The first-order chi connectivity index (χ1) is 41.5. The van der Waals surface area contributed by atoms with Crippen molar-refractivity contribution >= 4 is 65.2 Å². The van der Waals surface area contributed by atoms with Crippen molar-refractivity contribution in [3.8, 4) is 0 Å². The fourth-order valence-corrected chi connectivity index (χ4v) is 10.3. The van der Waals surface area contributed by atoms with Gasteiger partial charge in [-0.3, -0.25) is 43.3 Å². The molecule has 0 unspecified atom stereocenters. The van der Waals surface area contributed by atoms with Crippen molar-refractivity contribution in [1.82, 2.24) is 30.7 Å². The van der Waals surface area contributed by atoms with Gasteiger partial charge in [-0.2, -0.15) is 0 Å². The number of benzene rings is 1. The van der Waals surface area contributed by atoms with Gasteiger partial charge < -0.3 is 75.8 Å². The quantitative estimate of drug-likeness (QED) is 0.0119. The maximum Gasteiger partial charge on any atom is 0.410 e. The Bertz CT molecular complexity index is 2740. The van der Waals surface area contributed by atoms with Crippen LogP contribution in [0, 0.1) is 11.8 Å². The number of methoxy groups -OCH3 is 1. The van der Waals surface area contributed by atoms with Gasteiger partial charge in [0.1, 0.15) is 36.4 Å². The van der Waals surface area contributed by atoms with Gasteiger partial charge in [0, 0.05) is 82.4 Å². The van der Waals surface area contributed by atoms with E-state index in [1.54, 1.807) is 63.3 Å². The highest BCUT2D eigenvalue weighted by molar-refractivity contribution is 6.12. The highest BCUT2D eigenvalue weighted by Crippen LogP contribution is 2.38. The Hall–Kier alpha value is -7.52. The summed E-state index contributed by atoms with van der Waals surface area (Å²) in [6, 6.07) is 2.52. The average molecular weight is 1240 g/mol. The van der Waals surface area contributed by atoms with E-state index in [2.05, 4.69) is 21.3 Å². The number of primary amides is 1. The van der Waals surface area contributed by atoms with E-state index in [4.69, 9.17) is 29.4 Å². The molecule has 5 rings (SSSR count). The standard InChI is InChI=1S/C62H90N8O18/c1-10-46(72)39(4)55-47(86-55)35-61(7,83)26-14-15-37(2)54-38(3)17-22-48(62(8,84-9)27-25-44(71)33-53(77)88-54)87-60(82)69-31-29-68(30-32-69)59(81)85-36-42-18-20-43(21-19-42)66-58(80)45(34-49(63)73)67-57(79)41(6)65-56(78)40(5)64-50(74)16-12-11-13-28-70-51(75)23-24-52(70)76/h14-15,17-24,26,38-41,44-48,54-55,71-72,83H,10-13,16,25,27-36H2,1-9H3,(H2,63,73)(H,64,74)(H,65,78)(H,66,80)(H,67,79)/b22-17+,26-14+,37-15+/t38-,39+,40-,41-,44+,45-,46-,47+,48-,54+,55+,61-,62+/m0/s1. The van der Waals surface area contributed by atoms with E-state index in [1.165, 1.54) is 55.0 Å². The first kappa shape index (κ1) is 71.2. The number of cyclic esters (lactones) is 1. The highest BCUT2D eigenvalue weighted by Gasteiger charge is 2.47. The molecule has 4 heterocycles. The molecule has 0 aliphatic carbocycles. The fourth-order valence-electron chi connectivity index (χ4n) is 10.3. The number of hydrogen-bond acceptors (Lipinski definition) is 18. The molecular formula is C62H90N8O18. The fraction of sp³-hybridized carbons (Fsp3) is 0.613. The third kappa shape index (κ3) is 22.0. The molecule has 2 fully saturated rings. The Morgan fingerprint density at radius 3 is 2.14 bits per heavy atom. The Morgan fingerprint density at radius 2 is 1.51 bits per heavy atom. The number of nitrogens with two attached hydrogens (primary N) is 1. The number of aliphatic hydroxyl groups is 3. The number of rotatable bonds is 27. The van der Waals surface area contributed by atoms with Crippen LogP contribution in [0.2, 0.25) is 0 Å². The number of unbranched alkanes of at least 4 members (excludes halogenated alkanes) is 2. The zero-order valence-electron chi connectivity index (χ0n) is 51.9. The number of amides is 9. The molecule has 26 nitrogen and oxygen atoms in total. The van der Waals surface area contributed by atoms with Gasteiger partial charge in [0.05, 0.1) is 42.9 Å². The van der Waals surface area contributed by atoms with Gasteiger partial charge in [0.25, 0.3) is 11.8 Å². The second kappa shape index (κ2) is 33.2. The van der Waals surface area contributed by atoms with E-state index < -0.39 is 114 Å². The van der Waals surface area contributed by atoms with Gasteiger partial charge in [-0.05, 0) is 96.1 Å². The largest absolute Gasteiger partial charge is 0.457 e. The Kier molecular flexibility index (Phi) is 26.9. The molecule has 1 aromatic rings. The van der Waals surface area contributed by atoms with Gasteiger partial charge in [-0.1, -0.05) is 63.6 Å². The smallest absolute Gasteiger partial charge is 0.410 e. The number of epoxide rings is 1. The van der Waals surface area contributed by atoms with Crippen LogP contribution in [-0.4, -0.2) is 195 Å². The van der Waals surface area contributed by atoms with Crippen molar-refractivity contribution in [3.05, 3.63) is 77.9 Å². The van der Waals surface area contributed by atoms with Crippen LogP contribution in [-0.2, 0) is 68.6 Å². The molecule has 4 aliphatic heterocycles. The minimum Gasteiger partial charge on any atom is -0.457 e. The number of piperazine rings is 1. The monoisotopic (exact) mass is 1230 g/mol. The predicted octanol–water partition coefficient (Wildman–Crippen LogP) is 3.11. The summed E-state index contributed by atoms with van der Waals surface area (Å²) in [6.45, 7) is 14.2. The molecule has 9 amide bonds. The summed E-state index contributed by atoms with van der Waals surface area (Å²) in [7, 11) is 1.47. The van der Waals surface area contributed by atoms with Gasteiger partial charge in [-0.25, -0.2) is 9.59 Å². The van der Waals surface area contributed by atoms with Crippen molar-refractivity contribution in [1.29, 1.82) is 0 Å². The molecule has 2 saturated heterocycles. The van der Waals surface area contributed by atoms with Crippen molar-refractivity contribution in [2.45, 2.75) is 192 Å². The number of nitrogens with one attached hydrogen (secondary N) is 4. The van der Waals surface area contributed by atoms with Crippen LogP contribution in [0.25, 0.3) is 0 Å². The Labute approximate surface area is 513 Å². The molecule has 0 radical (unpaired) electrons. The number of anilines is 1. The van der Waals surface area contributed by atoms with E-state index in [0.717, 1.165) is 4.90 Å². The molecule has 0 bridgehead atoms. The third-order valence-electron chi connectivity index (χ3n) is 16.2. The van der Waals surface area contributed by atoms with Gasteiger partial charge in [-0.15, -0.1) is 0 Å². The average Bonchev–Trinajstić information content (AvgIpc) is 3.04. The summed E-state index contributed by atoms with van der Waals surface area (Å²) in [6.07, 6.45) is 7.90. The predicted molar refractivity (Wildman–Crippen MR) is 320 cm³/mol. The van der Waals surface area contributed by atoms with Crippen LogP contribution >= 0.6 is 0 Å². The minimum atomic E-state index is -1.44. The first-order valence-electron chi connectivity index (χ1n) is 30.0. The maximum absolute atomic E-state index is 13.9. The maximum atomic E-state index is 13.9. The molecule has 1 aromatic carbocycles. The van der Waals surface area contributed by atoms with Crippen LogP contribution in [0.1, 0.15) is 125 Å². The lowest BCUT2D eigenvalue weighted by atomic mass is 9.88. The molecule has 0 aromatic heterocycles. The zero-order valence-corrected chi connectivity index (χ0v) is 51.9. The summed E-state index contributed by atoms with van der Waals surface area (Å²) < 4.78 is 29.4. The van der Waals surface area contributed by atoms with Crippen LogP contribution < -0.4 is 27.0 Å². The summed E-state index contributed by atoms with van der Waals surface area (Å²) in [5, 5.41) is 42.4. The number of ether oxygens (including phenoxy) is 5. The normalized spacial score (nSPS) is 25.3. The van der Waals surface area contributed by atoms with Crippen molar-refractivity contribution < 1.29 is 86.9 Å². The van der Waals surface area contributed by atoms with E-state index in [0.29, 0.717) is 43.2 Å². The van der Waals surface area contributed by atoms with Crippen LogP contribution in [0.15, 0.2) is 72.4 Å². The Balaban J connectivity index is 1.08. The van der Waals surface area contributed by atoms with E-state index in [1.807, 2.05) is 20.8 Å². The van der Waals surface area contributed by atoms with Crippen LogP contribution in [0.4, 0.5) is 15.3 Å². The molecule has 0 saturated carbocycles. The number of imide groups is 1. The molecule has 4 aliphatic rings. The number of aliphatic hydroxyl groups excluding tert-OH is 2. The second-order valence-electron chi connectivity index (χ2n) is 23.6. The third-order valence-corrected chi connectivity index (χ3v) is 16.2. The topological polar surface area (TPSA) is 365 Å². The number of allylic oxidation sites excluding steroid dienone is 2. The highest BCUT2D eigenvalue weighted by atomic mass is 16.6. The SMILES string of the molecule is CC[C@H](O)[C@@H](C)[C@H]1O[C@@H]1C[C@@](C)(O)/C=C/C=C(\C)[C@H]1OC(=O)C[C@H](O)CC[C@@](C)(OC)[C@@H](OC(=O)N2CCN(C(=O)OCc3ccc(NC(=O)[C@H](CC(N)=O)NC(=O)[C@H](C)NC(=O)[C@H](C)NC(=O)CCCCCN4C(=O)C=CC4=O)cc3)CC2)/C=C/[C@@H]1C. The van der Waals surface area contributed by atoms with Crippen molar-refractivity contribution in [2.24, 2.45) is 17.6 Å². The zero-order chi connectivity index (χ0) is 65.0. The lowest BCUT2D eigenvalue weighted by Crippen LogP contribution is -2.55. The van der Waals surface area contributed by atoms with Crippen molar-refractivity contribution in [3.63, 3.8) is 0 Å². The van der Waals surface area contributed by atoms with E-state index >= 15 is 0 Å². The molecule has 486 valence electrons. The number of hydrogen-bond donors (Lipinski definition) is 8. The lowest BCUT2D eigenvalue weighted by Gasteiger charge is -2.38. The molecule has 88 heavy (non-hydrogen) atoms. The van der Waals surface area contributed by atoms with Gasteiger partial charge in [0.15, 0.2) is 6.10 Å². The first-order valence-corrected chi connectivity index (χ1v) is 30.0. The van der Waals surface area contributed by atoms with Crippen LogP contribution in [0.5, 0.6) is 0 Å². The van der Waals surface area contributed by atoms with Gasteiger partial charge >= 0.3 is 18.2 Å². The summed E-state index contributed by atoms with van der Waals surface area (Å²) >= 11 is 0.